The number of nitrogens with one attached hydrogen (secondary N) is 1. The van der Waals surface area contributed by atoms with E-state index in [1.165, 1.54) is 5.56 Å². The molecule has 0 aromatic heterocycles. The summed E-state index contributed by atoms with van der Waals surface area (Å²) < 4.78 is 0. The molecule has 0 unspecified atom stereocenters. The maximum absolute atomic E-state index is 3.94. The molecule has 0 bridgehead atoms. The van der Waals surface area contributed by atoms with E-state index in [4.69, 9.17) is 0 Å². The van der Waals surface area contributed by atoms with Crippen molar-refractivity contribution >= 4 is 11.8 Å². The summed E-state index contributed by atoms with van der Waals surface area (Å²) in [6, 6.07) is 8.19. The van der Waals surface area contributed by atoms with E-state index in [1.807, 2.05) is 32.2 Å². The van der Waals surface area contributed by atoms with Gasteiger partial charge in [-0.25, -0.2) is 0 Å². The van der Waals surface area contributed by atoms with Crippen LogP contribution in [0.5, 0.6) is 0 Å². The second-order valence-corrected chi connectivity index (χ2v) is 2.82. The van der Waals surface area contributed by atoms with Crippen molar-refractivity contribution in [1.29, 1.82) is 0 Å². The van der Waals surface area contributed by atoms with Gasteiger partial charge >= 0.3 is 0 Å². The van der Waals surface area contributed by atoms with Crippen LogP contribution in [0.15, 0.2) is 36.9 Å². The smallest absolute Gasteiger partial charge is 0.0344 e. The molecular weight excluding hydrogens is 158 g/mol. The van der Waals surface area contributed by atoms with Crippen LogP contribution in [0.3, 0.4) is 0 Å². The largest absolute Gasteiger partial charge is 0.388 e. The van der Waals surface area contributed by atoms with Gasteiger partial charge in [0, 0.05) is 18.3 Å². The molecule has 0 amide bonds. The second-order valence-electron chi connectivity index (χ2n) is 2.82. The Hall–Kier alpha value is -1.50. The molecule has 0 saturated carbocycles. The van der Waals surface area contributed by atoms with Crippen molar-refractivity contribution in [2.75, 3.05) is 7.05 Å². The SMILES string of the molecule is C=C(NC)c1ccccc1/C=C\C. The van der Waals surface area contributed by atoms with E-state index in [0.29, 0.717) is 0 Å². The molecule has 0 aliphatic rings. The predicted octanol–water partition coefficient (Wildman–Crippen LogP) is 2.91. The van der Waals surface area contributed by atoms with Crippen molar-refractivity contribution in [3.63, 3.8) is 0 Å². The zero-order valence-electron chi connectivity index (χ0n) is 8.17. The lowest BCUT2D eigenvalue weighted by atomic mass is 10.1. The molecular formula is C12H15N. The molecule has 1 aromatic carbocycles. The summed E-state index contributed by atoms with van der Waals surface area (Å²) in [6.07, 6.45) is 4.11. The van der Waals surface area contributed by atoms with Crippen LogP contribution in [0.25, 0.3) is 11.8 Å². The van der Waals surface area contributed by atoms with Crippen molar-refractivity contribution < 1.29 is 0 Å². The third-order valence-corrected chi connectivity index (χ3v) is 1.93. The van der Waals surface area contributed by atoms with E-state index in [-0.39, 0.29) is 0 Å². The maximum atomic E-state index is 3.94. The van der Waals surface area contributed by atoms with E-state index in [0.717, 1.165) is 11.3 Å². The molecule has 0 saturated heterocycles. The quantitative estimate of drug-likeness (QED) is 0.741. The normalized spacial score (nSPS) is 10.3. The molecule has 0 fully saturated rings. The Labute approximate surface area is 79.8 Å². The van der Waals surface area contributed by atoms with E-state index >= 15 is 0 Å². The van der Waals surface area contributed by atoms with Gasteiger partial charge in [0.05, 0.1) is 0 Å². The second kappa shape index (κ2) is 4.51. The summed E-state index contributed by atoms with van der Waals surface area (Å²) in [5, 5.41) is 3.05. The summed E-state index contributed by atoms with van der Waals surface area (Å²) in [4.78, 5) is 0. The average molecular weight is 173 g/mol. The Morgan fingerprint density at radius 2 is 2.08 bits per heavy atom. The minimum absolute atomic E-state index is 0.953. The first-order valence-electron chi connectivity index (χ1n) is 4.38. The van der Waals surface area contributed by atoms with Crippen molar-refractivity contribution in [1.82, 2.24) is 5.32 Å². The maximum Gasteiger partial charge on any atom is 0.0344 e. The molecule has 0 radical (unpaired) electrons. The zero-order chi connectivity index (χ0) is 9.68. The Balaban J connectivity index is 3.11. The van der Waals surface area contributed by atoms with E-state index in [9.17, 15) is 0 Å². The lowest BCUT2D eigenvalue weighted by Gasteiger charge is -2.08. The Morgan fingerprint density at radius 3 is 2.69 bits per heavy atom. The summed E-state index contributed by atoms with van der Waals surface area (Å²) >= 11 is 0. The van der Waals surface area contributed by atoms with Crippen LogP contribution in [-0.4, -0.2) is 7.05 Å². The fourth-order valence-electron chi connectivity index (χ4n) is 1.23. The van der Waals surface area contributed by atoms with Gasteiger partial charge in [0.15, 0.2) is 0 Å². The number of benzene rings is 1. The highest BCUT2D eigenvalue weighted by Crippen LogP contribution is 2.16. The molecule has 1 N–H and O–H groups in total. The van der Waals surface area contributed by atoms with Crippen LogP contribution >= 0.6 is 0 Å². The molecule has 0 aliphatic heterocycles. The van der Waals surface area contributed by atoms with Gasteiger partial charge in [0.25, 0.3) is 0 Å². The molecule has 68 valence electrons. The molecule has 0 spiro atoms. The van der Waals surface area contributed by atoms with Crippen molar-refractivity contribution in [2.45, 2.75) is 6.92 Å². The summed E-state index contributed by atoms with van der Waals surface area (Å²) in [5.41, 5.74) is 3.31. The van der Waals surface area contributed by atoms with Gasteiger partial charge in [-0.3, -0.25) is 0 Å². The Kier molecular flexibility index (Phi) is 3.32. The third-order valence-electron chi connectivity index (χ3n) is 1.93. The summed E-state index contributed by atoms with van der Waals surface area (Å²) in [6.45, 7) is 5.95. The highest BCUT2D eigenvalue weighted by molar-refractivity contribution is 5.71. The molecule has 1 rings (SSSR count). The molecule has 1 heteroatoms. The van der Waals surface area contributed by atoms with Gasteiger partial charge in [-0.1, -0.05) is 43.0 Å². The van der Waals surface area contributed by atoms with Crippen LogP contribution in [0, 0.1) is 0 Å². The summed E-state index contributed by atoms with van der Waals surface area (Å²) in [7, 11) is 1.88. The molecule has 0 atom stereocenters. The van der Waals surface area contributed by atoms with Gasteiger partial charge in [-0.05, 0) is 12.5 Å². The minimum atomic E-state index is 0.953. The van der Waals surface area contributed by atoms with Crippen molar-refractivity contribution in [2.24, 2.45) is 0 Å². The lowest BCUT2D eigenvalue weighted by molar-refractivity contribution is 1.13. The first-order chi connectivity index (χ1) is 6.29. The fraction of sp³-hybridized carbons (Fsp3) is 0.167. The first kappa shape index (κ1) is 9.59. The molecule has 1 nitrogen and oxygen atoms in total. The highest BCUT2D eigenvalue weighted by Gasteiger charge is 1.99. The molecule has 0 heterocycles. The van der Waals surface area contributed by atoms with Crippen LogP contribution in [0.4, 0.5) is 0 Å². The minimum Gasteiger partial charge on any atom is -0.388 e. The van der Waals surface area contributed by atoms with Gasteiger partial charge in [0.2, 0.25) is 0 Å². The Bertz CT molecular complexity index is 324. The van der Waals surface area contributed by atoms with Crippen LogP contribution in [0.1, 0.15) is 18.1 Å². The molecule has 1 aromatic rings. The van der Waals surface area contributed by atoms with Gasteiger partial charge in [-0.2, -0.15) is 0 Å². The fourth-order valence-corrected chi connectivity index (χ4v) is 1.23. The highest BCUT2D eigenvalue weighted by atomic mass is 14.8. The number of rotatable bonds is 3. The third kappa shape index (κ3) is 2.22. The lowest BCUT2D eigenvalue weighted by Crippen LogP contribution is -2.03. The monoisotopic (exact) mass is 173 g/mol. The van der Waals surface area contributed by atoms with E-state index in [2.05, 4.69) is 30.1 Å². The van der Waals surface area contributed by atoms with Gasteiger partial charge in [-0.15, -0.1) is 0 Å². The number of hydrogen-bond acceptors (Lipinski definition) is 1. The predicted molar refractivity (Wildman–Crippen MR) is 59.2 cm³/mol. The van der Waals surface area contributed by atoms with E-state index < -0.39 is 0 Å². The first-order valence-corrected chi connectivity index (χ1v) is 4.38. The van der Waals surface area contributed by atoms with Crippen molar-refractivity contribution in [3.05, 3.63) is 48.0 Å². The zero-order valence-corrected chi connectivity index (χ0v) is 8.17. The van der Waals surface area contributed by atoms with Gasteiger partial charge in [0.1, 0.15) is 0 Å². The molecule has 0 aliphatic carbocycles. The number of allylic oxidation sites excluding steroid dienone is 1. The standard InChI is InChI=1S/C12H15N/c1-4-7-11-8-5-6-9-12(11)10(2)13-3/h4-9,13H,2H2,1,3H3/b7-4-. The Morgan fingerprint density at radius 1 is 1.38 bits per heavy atom. The van der Waals surface area contributed by atoms with Crippen LogP contribution in [-0.2, 0) is 0 Å². The summed E-state index contributed by atoms with van der Waals surface area (Å²) in [5.74, 6) is 0. The topological polar surface area (TPSA) is 12.0 Å². The van der Waals surface area contributed by atoms with Crippen LogP contribution < -0.4 is 5.32 Å². The van der Waals surface area contributed by atoms with Crippen molar-refractivity contribution in [3.8, 4) is 0 Å². The van der Waals surface area contributed by atoms with Crippen LogP contribution in [0.2, 0.25) is 0 Å². The average Bonchev–Trinajstić information content (AvgIpc) is 2.18. The molecule has 13 heavy (non-hydrogen) atoms. The van der Waals surface area contributed by atoms with Gasteiger partial charge < -0.3 is 5.32 Å². The number of hydrogen-bond donors (Lipinski definition) is 1. The van der Waals surface area contributed by atoms with E-state index in [1.54, 1.807) is 0 Å².